The number of hydrogen-bond acceptors (Lipinski definition) is 6. The third-order valence-electron chi connectivity index (χ3n) is 5.52. The molecule has 3 N–H and O–H groups in total. The number of rotatable bonds is 8. The van der Waals surface area contributed by atoms with Gasteiger partial charge in [0, 0.05) is 10.4 Å². The number of alkyl halides is 2. The highest BCUT2D eigenvalue weighted by Gasteiger charge is 2.26. The van der Waals surface area contributed by atoms with E-state index in [1.165, 1.54) is 12.1 Å². The lowest BCUT2D eigenvalue weighted by Gasteiger charge is -2.10. The Labute approximate surface area is 223 Å². The molecular weight excluding hydrogens is 536 g/mol. The van der Waals surface area contributed by atoms with Gasteiger partial charge in [-0.3, -0.25) is 9.59 Å². The molecule has 0 saturated heterocycles. The minimum atomic E-state index is -2.84. The number of nitrogens with zero attached hydrogens (tertiary/aromatic N) is 1. The number of pyridine rings is 1. The molecule has 2 amide bonds. The van der Waals surface area contributed by atoms with Gasteiger partial charge in [-0.25, -0.2) is 13.8 Å². The molecule has 5 rings (SSSR count). The van der Waals surface area contributed by atoms with Gasteiger partial charge >= 0.3 is 0 Å². The van der Waals surface area contributed by atoms with Gasteiger partial charge in [0.1, 0.15) is 33.5 Å². The van der Waals surface area contributed by atoms with Gasteiger partial charge in [-0.05, 0) is 47.5 Å². The van der Waals surface area contributed by atoms with E-state index in [0.717, 1.165) is 11.3 Å². The van der Waals surface area contributed by atoms with Crippen molar-refractivity contribution in [1.82, 2.24) is 4.98 Å². The van der Waals surface area contributed by atoms with Crippen LogP contribution in [0.2, 0.25) is 5.02 Å². The third kappa shape index (κ3) is 5.22. The van der Waals surface area contributed by atoms with Crippen LogP contribution in [-0.2, 0) is 6.61 Å². The highest BCUT2D eigenvalue weighted by Crippen LogP contribution is 2.42. The van der Waals surface area contributed by atoms with Gasteiger partial charge in [-0.15, -0.1) is 11.3 Å². The number of halogens is 3. The normalized spacial score (nSPS) is 11.2. The van der Waals surface area contributed by atoms with Crippen molar-refractivity contribution in [3.05, 3.63) is 99.9 Å². The van der Waals surface area contributed by atoms with Crippen molar-refractivity contribution in [1.29, 1.82) is 0 Å². The van der Waals surface area contributed by atoms with Crippen molar-refractivity contribution in [3.8, 4) is 16.9 Å². The van der Waals surface area contributed by atoms with Gasteiger partial charge in [0.05, 0.1) is 5.69 Å². The first-order valence-electron chi connectivity index (χ1n) is 11.2. The molecule has 0 unspecified atom stereocenters. The molecule has 2 aromatic carbocycles. The second-order valence-electron chi connectivity index (χ2n) is 8.08. The Kier molecular flexibility index (Phi) is 7.08. The molecule has 0 fully saturated rings. The second-order valence-corrected chi connectivity index (χ2v) is 9.51. The van der Waals surface area contributed by atoms with Crippen molar-refractivity contribution in [3.63, 3.8) is 0 Å². The zero-order valence-electron chi connectivity index (χ0n) is 19.4. The van der Waals surface area contributed by atoms with E-state index < -0.39 is 23.9 Å². The molecular formula is C27H18ClF2N3O4S. The predicted octanol–water partition coefficient (Wildman–Crippen LogP) is 7.08. The van der Waals surface area contributed by atoms with Crippen LogP contribution < -0.4 is 15.8 Å². The molecule has 0 atom stereocenters. The van der Waals surface area contributed by atoms with E-state index in [2.05, 4.69) is 10.3 Å². The van der Waals surface area contributed by atoms with Crippen molar-refractivity contribution in [2.45, 2.75) is 13.0 Å². The number of thiophene rings is 1. The molecule has 192 valence electrons. The fraction of sp³-hybridized carbons (Fsp3) is 0.0741. The topological polar surface area (TPSA) is 107 Å². The van der Waals surface area contributed by atoms with Crippen molar-refractivity contribution in [2.75, 3.05) is 5.32 Å². The van der Waals surface area contributed by atoms with Gasteiger partial charge < -0.3 is 20.2 Å². The minimum Gasteiger partial charge on any atom is -0.486 e. The molecule has 7 nitrogen and oxygen atoms in total. The average Bonchev–Trinajstić information content (AvgIpc) is 3.53. The summed E-state index contributed by atoms with van der Waals surface area (Å²) in [5.41, 5.74) is 6.18. The monoisotopic (exact) mass is 553 g/mol. The Hall–Kier alpha value is -4.28. The summed E-state index contributed by atoms with van der Waals surface area (Å²) in [4.78, 5) is 29.6. The number of furan rings is 1. The van der Waals surface area contributed by atoms with Crippen molar-refractivity contribution < 1.29 is 27.5 Å². The Morgan fingerprint density at radius 3 is 2.58 bits per heavy atom. The summed E-state index contributed by atoms with van der Waals surface area (Å²) in [6, 6.07) is 19.8. The van der Waals surface area contributed by atoms with E-state index in [-0.39, 0.29) is 27.8 Å². The summed E-state index contributed by atoms with van der Waals surface area (Å²) in [6.45, 7) is 0.0417. The SMILES string of the molecule is NC(=O)c1sc2nc(C(F)F)cc(-c3ccccc3)c2c1NC(=O)c1ccc(COc2cccc(Cl)c2)o1. The Bertz CT molecular complexity index is 1650. The van der Waals surface area contributed by atoms with E-state index in [0.29, 0.717) is 33.0 Å². The zero-order chi connectivity index (χ0) is 26.8. The van der Waals surface area contributed by atoms with Crippen molar-refractivity contribution in [2.24, 2.45) is 5.73 Å². The molecule has 3 aromatic heterocycles. The number of amides is 2. The van der Waals surface area contributed by atoms with Gasteiger partial charge in [0.15, 0.2) is 5.76 Å². The smallest absolute Gasteiger partial charge is 0.291 e. The van der Waals surface area contributed by atoms with Crippen LogP contribution in [-0.4, -0.2) is 16.8 Å². The maximum Gasteiger partial charge on any atom is 0.291 e. The van der Waals surface area contributed by atoms with Gasteiger partial charge in [0.2, 0.25) is 0 Å². The summed E-state index contributed by atoms with van der Waals surface area (Å²) < 4.78 is 38.5. The number of benzene rings is 2. The number of nitrogens with one attached hydrogen (secondary N) is 1. The summed E-state index contributed by atoms with van der Waals surface area (Å²) >= 11 is 6.79. The number of ether oxygens (including phenoxy) is 1. The largest absolute Gasteiger partial charge is 0.486 e. The summed E-state index contributed by atoms with van der Waals surface area (Å²) in [5.74, 6) is -0.662. The molecule has 38 heavy (non-hydrogen) atoms. The average molecular weight is 554 g/mol. The summed E-state index contributed by atoms with van der Waals surface area (Å²) in [5, 5.41) is 3.51. The van der Waals surface area contributed by atoms with Crippen LogP contribution in [0.3, 0.4) is 0 Å². The van der Waals surface area contributed by atoms with E-state index >= 15 is 0 Å². The first kappa shape index (κ1) is 25.4. The number of aromatic nitrogens is 1. The van der Waals surface area contributed by atoms with Gasteiger partial charge in [-0.2, -0.15) is 0 Å². The molecule has 0 radical (unpaired) electrons. The molecule has 0 bridgehead atoms. The minimum absolute atomic E-state index is 0.0273. The summed E-state index contributed by atoms with van der Waals surface area (Å²) in [6.07, 6.45) is -2.84. The van der Waals surface area contributed by atoms with Gasteiger partial charge in [0.25, 0.3) is 18.2 Å². The first-order valence-corrected chi connectivity index (χ1v) is 12.4. The van der Waals surface area contributed by atoms with Crippen LogP contribution in [0.15, 0.2) is 77.2 Å². The molecule has 0 saturated carbocycles. The number of fused-ring (bicyclic) bond motifs is 1. The standard InChI is InChI=1S/C27H18ClF2N3O4S/c28-15-7-4-8-16(11-15)36-13-17-9-10-20(37-17)26(35)33-22-21-18(14-5-2-1-3-6-14)12-19(24(29)30)32-27(21)38-23(22)25(31)34/h1-12,24H,13H2,(H2,31,34)(H,33,35). The van der Waals surface area contributed by atoms with E-state index in [4.69, 9.17) is 26.5 Å². The fourth-order valence-electron chi connectivity index (χ4n) is 3.83. The quantitative estimate of drug-likeness (QED) is 0.213. The number of nitrogens with two attached hydrogens (primary N) is 1. The molecule has 11 heteroatoms. The number of anilines is 1. The van der Waals surface area contributed by atoms with Crippen LogP contribution in [0, 0.1) is 0 Å². The Morgan fingerprint density at radius 1 is 1.08 bits per heavy atom. The third-order valence-corrected chi connectivity index (χ3v) is 6.85. The van der Waals surface area contributed by atoms with E-state index in [9.17, 15) is 18.4 Å². The molecule has 0 spiro atoms. The number of carbonyl (C=O) groups is 2. The molecule has 0 aliphatic carbocycles. The lowest BCUT2D eigenvalue weighted by atomic mass is 10.0. The highest BCUT2D eigenvalue weighted by molar-refractivity contribution is 7.21. The van der Waals surface area contributed by atoms with E-state index in [1.54, 1.807) is 60.7 Å². The van der Waals surface area contributed by atoms with Crippen LogP contribution >= 0.6 is 22.9 Å². The Balaban J connectivity index is 1.49. The maximum atomic E-state index is 13.6. The van der Waals surface area contributed by atoms with E-state index in [1.807, 2.05) is 0 Å². The first-order chi connectivity index (χ1) is 18.3. The highest BCUT2D eigenvalue weighted by atomic mass is 35.5. The number of carbonyl (C=O) groups excluding carboxylic acids is 2. The van der Waals surface area contributed by atoms with Crippen LogP contribution in [0.25, 0.3) is 21.3 Å². The van der Waals surface area contributed by atoms with Crippen molar-refractivity contribution >= 4 is 50.7 Å². The maximum absolute atomic E-state index is 13.6. The van der Waals surface area contributed by atoms with Crippen LogP contribution in [0.4, 0.5) is 14.5 Å². The molecule has 5 aromatic rings. The molecule has 0 aliphatic heterocycles. The van der Waals surface area contributed by atoms with Crippen LogP contribution in [0.5, 0.6) is 5.75 Å². The number of primary amides is 1. The summed E-state index contributed by atoms with van der Waals surface area (Å²) in [7, 11) is 0. The molecule has 3 heterocycles. The molecule has 0 aliphatic rings. The lowest BCUT2D eigenvalue weighted by molar-refractivity contribution is 0.0992. The lowest BCUT2D eigenvalue weighted by Crippen LogP contribution is -2.16. The predicted molar refractivity (Wildman–Crippen MR) is 141 cm³/mol. The number of hydrogen-bond donors (Lipinski definition) is 2. The fourth-order valence-corrected chi connectivity index (χ4v) is 5.03. The zero-order valence-corrected chi connectivity index (χ0v) is 21.0. The Morgan fingerprint density at radius 2 is 1.87 bits per heavy atom. The van der Waals surface area contributed by atoms with Crippen LogP contribution in [0.1, 0.15) is 38.1 Å². The van der Waals surface area contributed by atoms with Gasteiger partial charge in [-0.1, -0.05) is 48.0 Å². The second kappa shape index (κ2) is 10.6.